The number of nitrogens with zero attached hydrogens (tertiary/aromatic N) is 4. The Morgan fingerprint density at radius 1 is 1.23 bits per heavy atom. The van der Waals surface area contributed by atoms with Gasteiger partial charge in [0.1, 0.15) is 17.1 Å². The first kappa shape index (κ1) is 24.1. The lowest BCUT2D eigenvalue weighted by Gasteiger charge is -2.27. The standard InChI is InChI=1S/C25H34ClN7O2/c1-35-21-3-2-18(14-20(21)26)15-29-22-19(23(34)28-9-13-32-11-7-27-8-12-32)16-30-24(31-22)33-10-6-25(17-33)4-5-25/h2-3,14,16,27H,4-13,15,17H2,1H3,(H,28,34)(H,29,30,31). The molecule has 3 N–H and O–H groups in total. The molecule has 2 saturated heterocycles. The van der Waals surface area contributed by atoms with Crippen molar-refractivity contribution < 1.29 is 9.53 Å². The molecule has 1 amide bonds. The number of ether oxygens (including phenoxy) is 1. The van der Waals surface area contributed by atoms with Crippen molar-refractivity contribution in [3.8, 4) is 5.75 Å². The molecular formula is C25H34ClN7O2. The molecule has 9 nitrogen and oxygen atoms in total. The Morgan fingerprint density at radius 3 is 2.77 bits per heavy atom. The van der Waals surface area contributed by atoms with Crippen LogP contribution in [0.25, 0.3) is 0 Å². The van der Waals surface area contributed by atoms with Crippen LogP contribution in [0.2, 0.25) is 5.02 Å². The van der Waals surface area contributed by atoms with Crippen molar-refractivity contribution in [3.05, 3.63) is 40.5 Å². The van der Waals surface area contributed by atoms with Crippen LogP contribution < -0.4 is 25.6 Å². The lowest BCUT2D eigenvalue weighted by atomic mass is 10.1. The molecular weight excluding hydrogens is 466 g/mol. The van der Waals surface area contributed by atoms with Gasteiger partial charge in [-0.3, -0.25) is 9.69 Å². The fraction of sp³-hybridized carbons (Fsp3) is 0.560. The number of halogens is 1. The highest BCUT2D eigenvalue weighted by Crippen LogP contribution is 2.53. The van der Waals surface area contributed by atoms with E-state index in [4.69, 9.17) is 21.3 Å². The number of amides is 1. The topological polar surface area (TPSA) is 94.6 Å². The predicted molar refractivity (Wildman–Crippen MR) is 138 cm³/mol. The summed E-state index contributed by atoms with van der Waals surface area (Å²) in [5.41, 5.74) is 1.89. The number of nitrogens with one attached hydrogen (secondary N) is 3. The van der Waals surface area contributed by atoms with E-state index in [0.717, 1.165) is 51.4 Å². The summed E-state index contributed by atoms with van der Waals surface area (Å²) in [7, 11) is 1.60. The van der Waals surface area contributed by atoms with E-state index in [0.29, 0.717) is 46.6 Å². The number of benzene rings is 1. The number of rotatable bonds is 9. The van der Waals surface area contributed by atoms with Gasteiger partial charge in [0, 0.05) is 65.1 Å². The van der Waals surface area contributed by atoms with Crippen molar-refractivity contribution in [2.75, 3.05) is 69.7 Å². The maximum atomic E-state index is 13.1. The minimum Gasteiger partial charge on any atom is -0.495 e. The second-order valence-corrected chi connectivity index (χ2v) is 10.2. The fourth-order valence-corrected chi connectivity index (χ4v) is 5.16. The Labute approximate surface area is 211 Å². The van der Waals surface area contributed by atoms with Gasteiger partial charge < -0.3 is 25.6 Å². The molecule has 5 rings (SSSR count). The van der Waals surface area contributed by atoms with Gasteiger partial charge in [0.15, 0.2) is 0 Å². The van der Waals surface area contributed by atoms with Gasteiger partial charge in [-0.05, 0) is 42.4 Å². The van der Waals surface area contributed by atoms with E-state index in [2.05, 4.69) is 30.7 Å². The summed E-state index contributed by atoms with van der Waals surface area (Å²) < 4.78 is 5.25. The van der Waals surface area contributed by atoms with Crippen molar-refractivity contribution >= 4 is 29.3 Å². The minimum atomic E-state index is -0.165. The molecule has 0 bridgehead atoms. The van der Waals surface area contributed by atoms with Crippen molar-refractivity contribution in [1.29, 1.82) is 0 Å². The summed E-state index contributed by atoms with van der Waals surface area (Å²) in [6, 6.07) is 5.65. The lowest BCUT2D eigenvalue weighted by molar-refractivity contribution is 0.0947. The number of hydrogen-bond acceptors (Lipinski definition) is 8. The molecule has 0 radical (unpaired) electrons. The highest BCUT2D eigenvalue weighted by Gasteiger charge is 2.48. The second-order valence-electron chi connectivity index (χ2n) is 9.77. The largest absolute Gasteiger partial charge is 0.495 e. The first-order chi connectivity index (χ1) is 17.0. The van der Waals surface area contributed by atoms with Gasteiger partial charge >= 0.3 is 0 Å². The van der Waals surface area contributed by atoms with Crippen molar-refractivity contribution in [2.24, 2.45) is 5.41 Å². The molecule has 0 unspecified atom stereocenters. The van der Waals surface area contributed by atoms with Gasteiger partial charge in [-0.2, -0.15) is 4.98 Å². The maximum Gasteiger partial charge on any atom is 0.256 e. The average Bonchev–Trinajstić information content (AvgIpc) is 3.51. The lowest BCUT2D eigenvalue weighted by Crippen LogP contribution is -2.46. The van der Waals surface area contributed by atoms with Gasteiger partial charge in [-0.25, -0.2) is 4.98 Å². The number of carbonyl (C=O) groups excluding carboxylic acids is 1. The third-order valence-corrected chi connectivity index (χ3v) is 7.59. The van der Waals surface area contributed by atoms with Crippen molar-refractivity contribution in [1.82, 2.24) is 25.5 Å². The maximum absolute atomic E-state index is 13.1. The molecule has 1 aromatic heterocycles. The van der Waals surface area contributed by atoms with E-state index >= 15 is 0 Å². The smallest absolute Gasteiger partial charge is 0.256 e. The molecule has 3 fully saturated rings. The predicted octanol–water partition coefficient (Wildman–Crippen LogP) is 2.38. The number of hydrogen-bond donors (Lipinski definition) is 3. The highest BCUT2D eigenvalue weighted by molar-refractivity contribution is 6.32. The number of carbonyl (C=O) groups is 1. The first-order valence-corrected chi connectivity index (χ1v) is 12.8. The Bertz CT molecular complexity index is 1060. The summed E-state index contributed by atoms with van der Waals surface area (Å²) >= 11 is 6.30. The molecule has 2 aromatic rings. The van der Waals surface area contributed by atoms with E-state index in [9.17, 15) is 4.79 Å². The van der Waals surface area contributed by atoms with Crippen LogP contribution in [-0.4, -0.2) is 80.2 Å². The summed E-state index contributed by atoms with van der Waals surface area (Å²) in [6.45, 7) is 7.84. The quantitative estimate of drug-likeness (QED) is 0.484. The Balaban J connectivity index is 1.29. The third kappa shape index (κ3) is 5.79. The van der Waals surface area contributed by atoms with E-state index in [1.807, 2.05) is 18.2 Å². The molecule has 1 aromatic carbocycles. The van der Waals surface area contributed by atoms with Crippen LogP contribution in [0.4, 0.5) is 11.8 Å². The summed E-state index contributed by atoms with van der Waals surface area (Å²) in [5, 5.41) is 10.3. The molecule has 188 valence electrons. The molecule has 2 aliphatic heterocycles. The summed E-state index contributed by atoms with van der Waals surface area (Å²) in [6.07, 6.45) is 5.43. The minimum absolute atomic E-state index is 0.165. The SMILES string of the molecule is COc1ccc(CNc2nc(N3CCC4(CC4)C3)ncc2C(=O)NCCN2CCNCC2)cc1Cl. The second kappa shape index (κ2) is 10.6. The Kier molecular flexibility index (Phi) is 7.27. The van der Waals surface area contributed by atoms with Crippen LogP contribution in [0.3, 0.4) is 0 Å². The number of aromatic nitrogens is 2. The van der Waals surface area contributed by atoms with Crippen LogP contribution in [0.15, 0.2) is 24.4 Å². The normalized spacial score (nSPS) is 19.1. The van der Waals surface area contributed by atoms with Crippen LogP contribution in [-0.2, 0) is 6.54 Å². The van der Waals surface area contributed by atoms with Crippen molar-refractivity contribution in [2.45, 2.75) is 25.8 Å². The summed E-state index contributed by atoms with van der Waals surface area (Å²) in [5.74, 6) is 1.69. The van der Waals surface area contributed by atoms with E-state index in [-0.39, 0.29) is 5.91 Å². The molecule has 10 heteroatoms. The zero-order chi connectivity index (χ0) is 24.3. The van der Waals surface area contributed by atoms with Crippen molar-refractivity contribution in [3.63, 3.8) is 0 Å². The number of anilines is 2. The van der Waals surface area contributed by atoms with Crippen LogP contribution in [0, 0.1) is 5.41 Å². The molecule has 1 saturated carbocycles. The molecule has 1 aliphatic carbocycles. The zero-order valence-corrected chi connectivity index (χ0v) is 21.0. The number of methoxy groups -OCH3 is 1. The van der Waals surface area contributed by atoms with Gasteiger partial charge in [0.05, 0.1) is 12.1 Å². The number of piperazine rings is 1. The monoisotopic (exact) mass is 499 g/mol. The molecule has 35 heavy (non-hydrogen) atoms. The van der Waals surface area contributed by atoms with Crippen LogP contribution in [0.5, 0.6) is 5.75 Å². The van der Waals surface area contributed by atoms with Crippen LogP contribution in [0.1, 0.15) is 35.2 Å². The zero-order valence-electron chi connectivity index (χ0n) is 20.3. The Hall–Kier alpha value is -2.62. The van der Waals surface area contributed by atoms with Gasteiger partial charge in [-0.1, -0.05) is 17.7 Å². The van der Waals surface area contributed by atoms with Gasteiger partial charge in [0.2, 0.25) is 5.95 Å². The fourth-order valence-electron chi connectivity index (χ4n) is 4.88. The van der Waals surface area contributed by atoms with Gasteiger partial charge in [-0.15, -0.1) is 0 Å². The molecule has 3 heterocycles. The average molecular weight is 500 g/mol. The van der Waals surface area contributed by atoms with E-state index in [1.165, 1.54) is 19.3 Å². The Morgan fingerprint density at radius 2 is 2.06 bits per heavy atom. The summed E-state index contributed by atoms with van der Waals surface area (Å²) in [4.78, 5) is 27.1. The van der Waals surface area contributed by atoms with Crippen LogP contribution >= 0.6 is 11.6 Å². The van der Waals surface area contributed by atoms with E-state index < -0.39 is 0 Å². The molecule has 0 atom stereocenters. The van der Waals surface area contributed by atoms with E-state index in [1.54, 1.807) is 13.3 Å². The first-order valence-electron chi connectivity index (χ1n) is 12.4. The highest BCUT2D eigenvalue weighted by atomic mass is 35.5. The molecule has 1 spiro atoms. The third-order valence-electron chi connectivity index (χ3n) is 7.30. The van der Waals surface area contributed by atoms with Gasteiger partial charge in [0.25, 0.3) is 5.91 Å². The molecule has 3 aliphatic rings.